The molecule has 0 spiro atoms. The number of aliphatic carboxylic acids is 1. The van der Waals surface area contributed by atoms with E-state index < -0.39 is 24.0 Å². The van der Waals surface area contributed by atoms with Gasteiger partial charge in [0.25, 0.3) is 0 Å². The van der Waals surface area contributed by atoms with Crippen LogP contribution in [0.4, 0.5) is 4.79 Å². The fraction of sp³-hybridized carbons (Fsp3) is 0.786. The first-order valence-corrected chi connectivity index (χ1v) is 7.28. The van der Waals surface area contributed by atoms with Crippen molar-refractivity contribution in [1.82, 2.24) is 10.6 Å². The van der Waals surface area contributed by atoms with E-state index in [1.807, 2.05) is 0 Å². The van der Waals surface area contributed by atoms with Crippen LogP contribution in [0.3, 0.4) is 0 Å². The van der Waals surface area contributed by atoms with Gasteiger partial charge < -0.3 is 20.5 Å². The molecule has 21 heavy (non-hydrogen) atoms. The average Bonchev–Trinajstić information content (AvgIpc) is 2.85. The first-order chi connectivity index (χ1) is 9.93. The summed E-state index contributed by atoms with van der Waals surface area (Å²) in [5.41, 5.74) is 0. The molecule has 1 aliphatic carbocycles. The Morgan fingerprint density at radius 2 is 2.05 bits per heavy atom. The number of ether oxygens (including phenoxy) is 1. The number of carbonyl (C=O) groups excluding carboxylic acids is 2. The third kappa shape index (κ3) is 6.01. The van der Waals surface area contributed by atoms with Gasteiger partial charge in [0.2, 0.25) is 0 Å². The monoisotopic (exact) mass is 300 g/mol. The van der Waals surface area contributed by atoms with Gasteiger partial charge in [-0.15, -0.1) is 0 Å². The second-order valence-corrected chi connectivity index (χ2v) is 5.53. The van der Waals surface area contributed by atoms with Gasteiger partial charge >= 0.3 is 18.0 Å². The number of carboxylic acids is 1. The summed E-state index contributed by atoms with van der Waals surface area (Å²) in [6.45, 7) is 2.71. The molecule has 0 bridgehead atoms. The molecule has 0 aromatic rings. The highest BCUT2D eigenvalue weighted by molar-refractivity contribution is 5.83. The van der Waals surface area contributed by atoms with Crippen LogP contribution < -0.4 is 10.6 Å². The van der Waals surface area contributed by atoms with Crippen LogP contribution in [0.5, 0.6) is 0 Å². The van der Waals surface area contributed by atoms with Crippen LogP contribution in [0.25, 0.3) is 0 Å². The zero-order valence-corrected chi connectivity index (χ0v) is 12.6. The predicted octanol–water partition coefficient (Wildman–Crippen LogP) is 1.13. The SMILES string of the molecule is COC(=O)CC[C@H](NC(=O)NCC1CCCC1C)C(=O)O. The highest BCUT2D eigenvalue weighted by Gasteiger charge is 2.25. The Labute approximate surface area is 124 Å². The van der Waals surface area contributed by atoms with Gasteiger partial charge in [-0.05, 0) is 24.7 Å². The minimum atomic E-state index is -1.16. The van der Waals surface area contributed by atoms with E-state index in [0.29, 0.717) is 18.4 Å². The standard InChI is InChI=1S/C14H24N2O5/c1-9-4-3-5-10(9)8-15-14(20)16-11(13(18)19)6-7-12(17)21-2/h9-11H,3-8H2,1-2H3,(H,18,19)(H2,15,16,20)/t9?,10?,11-/m0/s1. The number of urea groups is 1. The summed E-state index contributed by atoms with van der Waals surface area (Å²) in [4.78, 5) is 33.8. The summed E-state index contributed by atoms with van der Waals surface area (Å²) in [7, 11) is 1.24. The van der Waals surface area contributed by atoms with E-state index in [-0.39, 0.29) is 12.8 Å². The Morgan fingerprint density at radius 3 is 2.57 bits per heavy atom. The molecule has 2 amide bonds. The Kier molecular flexibility index (Phi) is 6.98. The van der Waals surface area contributed by atoms with E-state index in [4.69, 9.17) is 5.11 Å². The lowest BCUT2D eigenvalue weighted by molar-refractivity contribution is -0.142. The van der Waals surface area contributed by atoms with E-state index in [9.17, 15) is 14.4 Å². The summed E-state index contributed by atoms with van der Waals surface area (Å²) >= 11 is 0. The molecule has 7 heteroatoms. The fourth-order valence-corrected chi connectivity index (χ4v) is 2.58. The topological polar surface area (TPSA) is 105 Å². The molecular weight excluding hydrogens is 276 g/mol. The van der Waals surface area contributed by atoms with Gasteiger partial charge in [0.1, 0.15) is 6.04 Å². The molecule has 1 fully saturated rings. The Hall–Kier alpha value is -1.79. The van der Waals surface area contributed by atoms with Crippen LogP contribution in [0, 0.1) is 11.8 Å². The lowest BCUT2D eigenvalue weighted by atomic mass is 9.98. The summed E-state index contributed by atoms with van der Waals surface area (Å²) in [5.74, 6) is -0.625. The van der Waals surface area contributed by atoms with Gasteiger partial charge in [0.15, 0.2) is 0 Å². The first kappa shape index (κ1) is 17.3. The number of rotatable bonds is 7. The van der Waals surface area contributed by atoms with Crippen LogP contribution in [0.15, 0.2) is 0 Å². The van der Waals surface area contributed by atoms with Crippen molar-refractivity contribution in [3.05, 3.63) is 0 Å². The molecule has 0 aromatic heterocycles. The molecule has 0 aromatic carbocycles. The molecule has 0 heterocycles. The van der Waals surface area contributed by atoms with E-state index in [1.165, 1.54) is 20.0 Å². The van der Waals surface area contributed by atoms with E-state index >= 15 is 0 Å². The predicted molar refractivity (Wildman–Crippen MR) is 75.7 cm³/mol. The quantitative estimate of drug-likeness (QED) is 0.611. The van der Waals surface area contributed by atoms with Crippen molar-refractivity contribution in [3.8, 4) is 0 Å². The van der Waals surface area contributed by atoms with Crippen molar-refractivity contribution in [2.24, 2.45) is 11.8 Å². The lowest BCUT2D eigenvalue weighted by Gasteiger charge is -2.18. The number of carboxylic acid groups (broad SMARTS) is 1. The molecule has 0 aliphatic heterocycles. The Morgan fingerprint density at radius 1 is 1.33 bits per heavy atom. The Bertz CT molecular complexity index is 386. The van der Waals surface area contributed by atoms with Crippen LogP contribution >= 0.6 is 0 Å². The normalized spacial score (nSPS) is 22.4. The number of hydrogen-bond acceptors (Lipinski definition) is 4. The minimum absolute atomic E-state index is 0.00918. The van der Waals surface area contributed by atoms with Crippen molar-refractivity contribution in [2.45, 2.75) is 45.1 Å². The van der Waals surface area contributed by atoms with Gasteiger partial charge in [-0.25, -0.2) is 9.59 Å². The smallest absolute Gasteiger partial charge is 0.326 e. The molecule has 0 saturated heterocycles. The number of hydrogen-bond donors (Lipinski definition) is 3. The fourth-order valence-electron chi connectivity index (χ4n) is 2.58. The summed E-state index contributed by atoms with van der Waals surface area (Å²) in [6.07, 6.45) is 3.39. The molecule has 3 atom stereocenters. The van der Waals surface area contributed by atoms with Crippen molar-refractivity contribution < 1.29 is 24.2 Å². The average molecular weight is 300 g/mol. The molecular formula is C14H24N2O5. The molecule has 2 unspecified atom stereocenters. The number of amides is 2. The third-order valence-corrected chi connectivity index (χ3v) is 4.03. The zero-order valence-electron chi connectivity index (χ0n) is 12.6. The van der Waals surface area contributed by atoms with Crippen LogP contribution in [-0.4, -0.2) is 42.8 Å². The van der Waals surface area contributed by atoms with Crippen molar-refractivity contribution in [3.63, 3.8) is 0 Å². The molecule has 1 saturated carbocycles. The van der Waals surface area contributed by atoms with Crippen LogP contribution in [0.1, 0.15) is 39.0 Å². The van der Waals surface area contributed by atoms with Gasteiger partial charge in [0.05, 0.1) is 7.11 Å². The highest BCUT2D eigenvalue weighted by Crippen LogP contribution is 2.30. The van der Waals surface area contributed by atoms with Gasteiger partial charge in [-0.2, -0.15) is 0 Å². The van der Waals surface area contributed by atoms with Crippen molar-refractivity contribution in [2.75, 3.05) is 13.7 Å². The molecule has 1 rings (SSSR count). The van der Waals surface area contributed by atoms with Crippen LogP contribution in [0.2, 0.25) is 0 Å². The van der Waals surface area contributed by atoms with E-state index in [1.54, 1.807) is 0 Å². The maximum absolute atomic E-state index is 11.7. The van der Waals surface area contributed by atoms with Gasteiger partial charge in [0, 0.05) is 13.0 Å². The minimum Gasteiger partial charge on any atom is -0.480 e. The summed E-state index contributed by atoms with van der Waals surface area (Å²) < 4.78 is 4.45. The first-order valence-electron chi connectivity index (χ1n) is 7.28. The number of carbonyl (C=O) groups is 3. The third-order valence-electron chi connectivity index (χ3n) is 4.03. The second kappa shape index (κ2) is 8.49. The van der Waals surface area contributed by atoms with Crippen LogP contribution in [-0.2, 0) is 14.3 Å². The number of nitrogens with one attached hydrogen (secondary N) is 2. The Balaban J connectivity index is 2.34. The van der Waals surface area contributed by atoms with Gasteiger partial charge in [-0.3, -0.25) is 4.79 Å². The maximum Gasteiger partial charge on any atom is 0.326 e. The van der Waals surface area contributed by atoms with Crippen molar-refractivity contribution >= 4 is 18.0 Å². The maximum atomic E-state index is 11.7. The largest absolute Gasteiger partial charge is 0.480 e. The summed E-state index contributed by atoms with van der Waals surface area (Å²) in [5, 5.41) is 14.1. The van der Waals surface area contributed by atoms with E-state index in [0.717, 1.165) is 6.42 Å². The highest BCUT2D eigenvalue weighted by atomic mass is 16.5. The molecule has 0 radical (unpaired) electrons. The van der Waals surface area contributed by atoms with E-state index in [2.05, 4.69) is 22.3 Å². The van der Waals surface area contributed by atoms with Crippen molar-refractivity contribution in [1.29, 1.82) is 0 Å². The number of esters is 1. The second-order valence-electron chi connectivity index (χ2n) is 5.53. The zero-order chi connectivity index (χ0) is 15.8. The molecule has 3 N–H and O–H groups in total. The number of methoxy groups -OCH3 is 1. The molecule has 120 valence electrons. The summed E-state index contributed by atoms with van der Waals surface area (Å²) in [6, 6.07) is -1.60. The van der Waals surface area contributed by atoms with Gasteiger partial charge in [-0.1, -0.05) is 19.8 Å². The lowest BCUT2D eigenvalue weighted by Crippen LogP contribution is -2.47. The molecule has 7 nitrogen and oxygen atoms in total. The molecule has 1 aliphatic rings.